The average Bonchev–Trinajstić information content (AvgIpc) is 3.11. The largest absolute Gasteiger partial charge is 0.381 e. The molecule has 5 nitrogen and oxygen atoms in total. The first-order chi connectivity index (χ1) is 12.3. The van der Waals surface area contributed by atoms with E-state index in [0.717, 1.165) is 23.4 Å². The van der Waals surface area contributed by atoms with Gasteiger partial charge in [-0.3, -0.25) is 14.8 Å². The van der Waals surface area contributed by atoms with E-state index in [2.05, 4.69) is 21.4 Å². The smallest absolute Gasteiger partial charge is 0.276 e. The molecule has 25 heavy (non-hydrogen) atoms. The predicted octanol–water partition coefficient (Wildman–Crippen LogP) is 3.29. The number of anilines is 2. The van der Waals surface area contributed by atoms with Gasteiger partial charge < -0.3 is 10.2 Å². The summed E-state index contributed by atoms with van der Waals surface area (Å²) in [5.41, 5.74) is 4.60. The maximum atomic E-state index is 12.9. The Morgan fingerprint density at radius 1 is 1.12 bits per heavy atom. The minimum absolute atomic E-state index is 0.0602. The highest BCUT2D eigenvalue weighted by Crippen LogP contribution is 2.28. The van der Waals surface area contributed by atoms with Crippen LogP contribution >= 0.6 is 0 Å². The number of hydrogen-bond acceptors (Lipinski definition) is 4. The summed E-state index contributed by atoms with van der Waals surface area (Å²) in [4.78, 5) is 23.0. The van der Waals surface area contributed by atoms with Crippen molar-refractivity contribution < 1.29 is 4.79 Å². The van der Waals surface area contributed by atoms with Crippen molar-refractivity contribution in [1.82, 2.24) is 9.97 Å². The number of amides is 1. The van der Waals surface area contributed by atoms with Gasteiger partial charge in [-0.1, -0.05) is 24.3 Å². The molecule has 1 aliphatic heterocycles. The van der Waals surface area contributed by atoms with Crippen molar-refractivity contribution in [3.8, 4) is 0 Å². The van der Waals surface area contributed by atoms with Gasteiger partial charge in [-0.15, -0.1) is 0 Å². The third-order valence-electron chi connectivity index (χ3n) is 4.33. The number of nitrogens with one attached hydrogen (secondary N) is 1. The van der Waals surface area contributed by atoms with Gasteiger partial charge in [0.05, 0.1) is 0 Å². The lowest BCUT2D eigenvalue weighted by atomic mass is 10.2. The van der Waals surface area contributed by atoms with E-state index >= 15 is 0 Å². The standard InChI is InChI=1S/C20H18N4O/c25-20(24-11-8-16-5-1-2-6-19(16)24)18-12-17(7-10-22-18)23-14-15-4-3-9-21-13-15/h1-7,9-10,12-13H,8,11,14H2,(H,22,23). The second kappa shape index (κ2) is 6.73. The number of rotatable bonds is 4. The zero-order valence-electron chi connectivity index (χ0n) is 13.7. The highest BCUT2D eigenvalue weighted by Gasteiger charge is 2.25. The molecule has 0 bridgehead atoms. The molecule has 0 aliphatic carbocycles. The number of benzene rings is 1. The van der Waals surface area contributed by atoms with E-state index in [1.54, 1.807) is 18.5 Å². The van der Waals surface area contributed by atoms with Gasteiger partial charge >= 0.3 is 0 Å². The van der Waals surface area contributed by atoms with Gasteiger partial charge in [-0.2, -0.15) is 0 Å². The molecule has 0 atom stereocenters. The van der Waals surface area contributed by atoms with Crippen molar-refractivity contribution in [3.63, 3.8) is 0 Å². The van der Waals surface area contributed by atoms with Crippen LogP contribution in [0, 0.1) is 0 Å². The van der Waals surface area contributed by atoms with Crippen LogP contribution in [0.1, 0.15) is 21.6 Å². The lowest BCUT2D eigenvalue weighted by Gasteiger charge is -2.17. The summed E-state index contributed by atoms with van der Waals surface area (Å²) in [6.45, 7) is 1.35. The minimum atomic E-state index is -0.0602. The molecule has 4 rings (SSSR count). The molecule has 0 saturated heterocycles. The van der Waals surface area contributed by atoms with Crippen molar-refractivity contribution in [2.45, 2.75) is 13.0 Å². The first-order valence-electron chi connectivity index (χ1n) is 8.30. The summed E-state index contributed by atoms with van der Waals surface area (Å²) < 4.78 is 0. The molecule has 124 valence electrons. The third-order valence-corrected chi connectivity index (χ3v) is 4.33. The molecule has 0 spiro atoms. The summed E-state index contributed by atoms with van der Waals surface area (Å²) in [5, 5.41) is 3.32. The Hall–Kier alpha value is -3.21. The van der Waals surface area contributed by atoms with Crippen LogP contribution < -0.4 is 10.2 Å². The lowest BCUT2D eigenvalue weighted by Crippen LogP contribution is -2.29. The Kier molecular flexibility index (Phi) is 4.12. The summed E-state index contributed by atoms with van der Waals surface area (Å²) >= 11 is 0. The molecule has 3 heterocycles. The van der Waals surface area contributed by atoms with E-state index in [9.17, 15) is 4.79 Å². The molecule has 1 aromatic carbocycles. The van der Waals surface area contributed by atoms with E-state index in [-0.39, 0.29) is 5.91 Å². The molecule has 1 amide bonds. The van der Waals surface area contributed by atoms with Crippen molar-refractivity contribution in [3.05, 3.63) is 83.9 Å². The number of hydrogen-bond donors (Lipinski definition) is 1. The number of pyridine rings is 2. The van der Waals surface area contributed by atoms with E-state index < -0.39 is 0 Å². The Morgan fingerprint density at radius 2 is 2.04 bits per heavy atom. The maximum absolute atomic E-state index is 12.9. The Labute approximate surface area is 146 Å². The van der Waals surface area contributed by atoms with Crippen LogP contribution in [0.3, 0.4) is 0 Å². The van der Waals surface area contributed by atoms with Gasteiger partial charge in [0.1, 0.15) is 5.69 Å². The molecule has 5 heteroatoms. The Morgan fingerprint density at radius 3 is 2.92 bits per heavy atom. The summed E-state index contributed by atoms with van der Waals surface area (Å²) in [5.74, 6) is -0.0602. The van der Waals surface area contributed by atoms with E-state index in [4.69, 9.17) is 0 Å². The van der Waals surface area contributed by atoms with Gasteiger partial charge in [0.25, 0.3) is 5.91 Å². The first kappa shape index (κ1) is 15.3. The molecular formula is C20H18N4O. The highest BCUT2D eigenvalue weighted by atomic mass is 16.2. The van der Waals surface area contributed by atoms with Crippen molar-refractivity contribution in [2.24, 2.45) is 0 Å². The van der Waals surface area contributed by atoms with Gasteiger partial charge in [0.15, 0.2) is 0 Å². The van der Waals surface area contributed by atoms with Crippen molar-refractivity contribution >= 4 is 17.3 Å². The first-order valence-corrected chi connectivity index (χ1v) is 8.30. The summed E-state index contributed by atoms with van der Waals surface area (Å²) in [7, 11) is 0. The number of nitrogens with zero attached hydrogens (tertiary/aromatic N) is 3. The summed E-state index contributed by atoms with van der Waals surface area (Å²) in [6, 6.07) is 15.6. The van der Waals surface area contributed by atoms with Gasteiger partial charge in [-0.25, -0.2) is 0 Å². The van der Waals surface area contributed by atoms with Crippen LogP contribution in [0.4, 0.5) is 11.4 Å². The molecular weight excluding hydrogens is 312 g/mol. The average molecular weight is 330 g/mol. The van der Waals surface area contributed by atoms with Crippen LogP contribution in [0.25, 0.3) is 0 Å². The van der Waals surface area contributed by atoms with Crippen LogP contribution in [0.2, 0.25) is 0 Å². The molecule has 3 aromatic rings. The number of para-hydroxylation sites is 1. The molecule has 2 aromatic heterocycles. The fourth-order valence-corrected chi connectivity index (χ4v) is 3.05. The molecule has 1 aliphatic rings. The number of aromatic nitrogens is 2. The fraction of sp³-hybridized carbons (Fsp3) is 0.150. The second-order valence-corrected chi connectivity index (χ2v) is 5.98. The third kappa shape index (κ3) is 3.21. The molecule has 0 radical (unpaired) electrons. The summed E-state index contributed by atoms with van der Waals surface area (Å²) in [6.07, 6.45) is 6.13. The number of fused-ring (bicyclic) bond motifs is 1. The van der Waals surface area contributed by atoms with E-state index in [0.29, 0.717) is 18.8 Å². The molecule has 1 N–H and O–H groups in total. The van der Waals surface area contributed by atoms with Crippen molar-refractivity contribution in [1.29, 1.82) is 0 Å². The van der Waals surface area contributed by atoms with Crippen LogP contribution in [0.15, 0.2) is 67.1 Å². The quantitative estimate of drug-likeness (QED) is 0.797. The fourth-order valence-electron chi connectivity index (χ4n) is 3.05. The topological polar surface area (TPSA) is 58.1 Å². The molecule has 0 fully saturated rings. The highest BCUT2D eigenvalue weighted by molar-refractivity contribution is 6.06. The maximum Gasteiger partial charge on any atom is 0.276 e. The predicted molar refractivity (Wildman–Crippen MR) is 97.6 cm³/mol. The Balaban J connectivity index is 1.51. The minimum Gasteiger partial charge on any atom is -0.381 e. The van der Waals surface area contributed by atoms with E-state index in [1.165, 1.54) is 5.56 Å². The van der Waals surface area contributed by atoms with Crippen LogP contribution in [0.5, 0.6) is 0 Å². The van der Waals surface area contributed by atoms with Crippen LogP contribution in [-0.4, -0.2) is 22.4 Å². The van der Waals surface area contributed by atoms with Crippen LogP contribution in [-0.2, 0) is 13.0 Å². The lowest BCUT2D eigenvalue weighted by molar-refractivity contribution is 0.0984. The zero-order chi connectivity index (χ0) is 17.1. The van der Waals surface area contributed by atoms with Gasteiger partial charge in [-0.05, 0) is 41.8 Å². The second-order valence-electron chi connectivity index (χ2n) is 5.98. The molecule has 0 unspecified atom stereocenters. The molecule has 0 saturated carbocycles. The Bertz CT molecular complexity index is 895. The van der Waals surface area contributed by atoms with Gasteiger partial charge in [0, 0.05) is 43.1 Å². The number of carbonyl (C=O) groups excluding carboxylic acids is 1. The SMILES string of the molecule is O=C(c1cc(NCc2cccnc2)ccn1)N1CCc2ccccc21. The van der Waals surface area contributed by atoms with Gasteiger partial charge in [0.2, 0.25) is 0 Å². The normalized spacial score (nSPS) is 12.7. The monoisotopic (exact) mass is 330 g/mol. The number of carbonyl (C=O) groups is 1. The van der Waals surface area contributed by atoms with Crippen molar-refractivity contribution in [2.75, 3.05) is 16.8 Å². The van der Waals surface area contributed by atoms with E-state index in [1.807, 2.05) is 47.5 Å². The zero-order valence-corrected chi connectivity index (χ0v) is 13.7.